The van der Waals surface area contributed by atoms with Crippen LogP contribution in [-0.4, -0.2) is 31.3 Å². The zero-order valence-corrected chi connectivity index (χ0v) is 15.6. The van der Waals surface area contributed by atoms with Gasteiger partial charge in [-0.1, -0.05) is 18.2 Å². The van der Waals surface area contributed by atoms with Crippen molar-refractivity contribution in [1.82, 2.24) is 0 Å². The molecule has 0 aliphatic rings. The van der Waals surface area contributed by atoms with Crippen molar-refractivity contribution in [3.8, 4) is 0 Å². The summed E-state index contributed by atoms with van der Waals surface area (Å²) >= 11 is 1.57. The number of quaternary nitrogens is 1. The second-order valence-electron chi connectivity index (χ2n) is 6.20. The molecule has 1 aromatic heterocycles. The van der Waals surface area contributed by atoms with Gasteiger partial charge in [-0.15, -0.1) is 11.3 Å². The molecule has 25 heavy (non-hydrogen) atoms. The van der Waals surface area contributed by atoms with Crippen LogP contribution in [0.5, 0.6) is 0 Å². The lowest BCUT2D eigenvalue weighted by Crippen LogP contribution is -3.12. The molecule has 0 atom stereocenters. The molecule has 4 nitrogen and oxygen atoms in total. The summed E-state index contributed by atoms with van der Waals surface area (Å²) in [6.07, 6.45) is 0. The van der Waals surface area contributed by atoms with Crippen molar-refractivity contribution < 1.29 is 10.0 Å². The lowest BCUT2D eigenvalue weighted by Gasteiger charge is -2.17. The van der Waals surface area contributed by atoms with Crippen molar-refractivity contribution in [3.05, 3.63) is 52.2 Å². The Balaban J connectivity index is 2.07. The third-order valence-electron chi connectivity index (χ3n) is 4.77. The molecule has 0 aliphatic heterocycles. The molecule has 0 spiro atoms. The fourth-order valence-corrected chi connectivity index (χ4v) is 4.41. The van der Waals surface area contributed by atoms with Crippen LogP contribution in [0.4, 0.5) is 5.69 Å². The molecule has 3 aromatic rings. The Kier molecular flexibility index (Phi) is 5.68. The SMILES string of the molecule is CC[NH+](CC)CCNc1ccc(CO)c2sc3ccccc3c(=O)c12. The highest BCUT2D eigenvalue weighted by Crippen LogP contribution is 2.31. The Bertz CT molecular complexity index is 932. The zero-order valence-electron chi connectivity index (χ0n) is 14.8. The quantitative estimate of drug-likeness (QED) is 0.569. The van der Waals surface area contributed by atoms with Crippen LogP contribution in [0.1, 0.15) is 19.4 Å². The summed E-state index contributed by atoms with van der Waals surface area (Å²) in [5, 5.41) is 14.6. The first-order valence-electron chi connectivity index (χ1n) is 8.85. The van der Waals surface area contributed by atoms with Gasteiger partial charge in [0.25, 0.3) is 0 Å². The summed E-state index contributed by atoms with van der Waals surface area (Å²) in [6, 6.07) is 11.5. The molecule has 132 valence electrons. The maximum Gasteiger partial charge on any atom is 0.197 e. The fraction of sp³-hybridized carbons (Fsp3) is 0.350. The topological polar surface area (TPSA) is 53.8 Å². The molecule has 3 N–H and O–H groups in total. The van der Waals surface area contributed by atoms with Crippen LogP contribution in [0, 0.1) is 0 Å². The van der Waals surface area contributed by atoms with Crippen molar-refractivity contribution in [1.29, 1.82) is 0 Å². The van der Waals surface area contributed by atoms with E-state index in [0.717, 1.165) is 52.2 Å². The highest BCUT2D eigenvalue weighted by atomic mass is 32.1. The maximum atomic E-state index is 13.1. The van der Waals surface area contributed by atoms with Crippen LogP contribution in [-0.2, 0) is 6.61 Å². The average molecular weight is 357 g/mol. The molecule has 5 heteroatoms. The Morgan fingerprint density at radius 2 is 1.88 bits per heavy atom. The molecule has 1 heterocycles. The Hall–Kier alpha value is -1.95. The molecule has 0 aliphatic carbocycles. The molecule has 0 fully saturated rings. The monoisotopic (exact) mass is 357 g/mol. The summed E-state index contributed by atoms with van der Waals surface area (Å²) < 4.78 is 1.84. The number of rotatable bonds is 7. The molecular weight excluding hydrogens is 332 g/mol. The molecule has 0 saturated heterocycles. The normalized spacial score (nSPS) is 11.5. The molecule has 0 saturated carbocycles. The lowest BCUT2D eigenvalue weighted by molar-refractivity contribution is -0.894. The predicted octanol–water partition coefficient (Wildman–Crippen LogP) is 2.24. The van der Waals surface area contributed by atoms with Crippen molar-refractivity contribution in [3.63, 3.8) is 0 Å². The van der Waals surface area contributed by atoms with Gasteiger partial charge in [-0.3, -0.25) is 4.79 Å². The highest BCUT2D eigenvalue weighted by molar-refractivity contribution is 7.24. The molecule has 2 aromatic carbocycles. The van der Waals surface area contributed by atoms with Crippen LogP contribution < -0.4 is 15.6 Å². The van der Waals surface area contributed by atoms with E-state index in [9.17, 15) is 9.90 Å². The van der Waals surface area contributed by atoms with Gasteiger partial charge in [0.05, 0.1) is 38.2 Å². The van der Waals surface area contributed by atoms with Gasteiger partial charge in [-0.05, 0) is 37.6 Å². The lowest BCUT2D eigenvalue weighted by atomic mass is 10.1. The average Bonchev–Trinajstić information content (AvgIpc) is 2.65. The Morgan fingerprint density at radius 3 is 2.60 bits per heavy atom. The predicted molar refractivity (Wildman–Crippen MR) is 107 cm³/mol. The van der Waals surface area contributed by atoms with Crippen LogP contribution in [0.2, 0.25) is 0 Å². The van der Waals surface area contributed by atoms with E-state index >= 15 is 0 Å². The van der Waals surface area contributed by atoms with E-state index < -0.39 is 0 Å². The first-order valence-corrected chi connectivity index (χ1v) is 9.67. The standard InChI is InChI=1S/C20H24N2O2S/c1-3-22(4-2)12-11-21-16-10-9-14(13-23)20-18(16)19(24)15-7-5-6-8-17(15)25-20/h5-10,21,23H,3-4,11-13H2,1-2H3/p+1. The molecule has 3 rings (SSSR count). The van der Waals surface area contributed by atoms with Crippen LogP contribution >= 0.6 is 11.3 Å². The summed E-state index contributed by atoms with van der Waals surface area (Å²) in [4.78, 5) is 14.6. The Labute approximate surface area is 151 Å². The van der Waals surface area contributed by atoms with Crippen molar-refractivity contribution >= 4 is 37.2 Å². The Morgan fingerprint density at radius 1 is 1.12 bits per heavy atom. The first-order chi connectivity index (χ1) is 12.2. The van der Waals surface area contributed by atoms with E-state index in [4.69, 9.17) is 0 Å². The minimum absolute atomic E-state index is 0.0392. The maximum absolute atomic E-state index is 13.1. The van der Waals surface area contributed by atoms with Crippen molar-refractivity contribution in [2.24, 2.45) is 0 Å². The molecule has 0 unspecified atom stereocenters. The number of aliphatic hydroxyl groups is 1. The van der Waals surface area contributed by atoms with Gasteiger partial charge in [-0.25, -0.2) is 0 Å². The minimum Gasteiger partial charge on any atom is -0.392 e. The van der Waals surface area contributed by atoms with E-state index in [0.29, 0.717) is 5.39 Å². The second-order valence-corrected chi connectivity index (χ2v) is 7.25. The molecule has 0 radical (unpaired) electrons. The summed E-state index contributed by atoms with van der Waals surface area (Å²) in [6.45, 7) is 8.35. The number of aliphatic hydroxyl groups excluding tert-OH is 1. The largest absolute Gasteiger partial charge is 0.392 e. The number of hydrogen-bond acceptors (Lipinski definition) is 4. The van der Waals surface area contributed by atoms with Crippen LogP contribution in [0.15, 0.2) is 41.2 Å². The van der Waals surface area contributed by atoms with Crippen LogP contribution in [0.3, 0.4) is 0 Å². The van der Waals surface area contributed by atoms with E-state index in [2.05, 4.69) is 19.2 Å². The van der Waals surface area contributed by atoms with Gasteiger partial charge < -0.3 is 15.3 Å². The number of hydrogen-bond donors (Lipinski definition) is 3. The van der Waals surface area contributed by atoms with E-state index in [1.807, 2.05) is 36.4 Å². The highest BCUT2D eigenvalue weighted by Gasteiger charge is 2.13. The van der Waals surface area contributed by atoms with Crippen molar-refractivity contribution in [2.75, 3.05) is 31.5 Å². The third kappa shape index (κ3) is 3.54. The molecular formula is C20H25N2O2S+. The summed E-state index contributed by atoms with van der Waals surface area (Å²) in [7, 11) is 0. The van der Waals surface area contributed by atoms with Gasteiger partial charge in [0.2, 0.25) is 0 Å². The second kappa shape index (κ2) is 7.95. The van der Waals surface area contributed by atoms with Crippen molar-refractivity contribution in [2.45, 2.75) is 20.5 Å². The van der Waals surface area contributed by atoms with E-state index in [1.54, 1.807) is 11.3 Å². The van der Waals surface area contributed by atoms with Gasteiger partial charge in [0, 0.05) is 20.5 Å². The van der Waals surface area contributed by atoms with Gasteiger partial charge in [-0.2, -0.15) is 0 Å². The van der Waals surface area contributed by atoms with E-state index in [1.165, 1.54) is 4.90 Å². The molecule has 0 bridgehead atoms. The first kappa shape index (κ1) is 17.9. The number of fused-ring (bicyclic) bond motifs is 2. The third-order valence-corrected chi connectivity index (χ3v) is 6.02. The number of anilines is 1. The number of likely N-dealkylation sites (N-methyl/N-ethyl adjacent to an activating group) is 1. The number of benzene rings is 2. The zero-order chi connectivity index (χ0) is 17.8. The van der Waals surface area contributed by atoms with Crippen LogP contribution in [0.25, 0.3) is 20.2 Å². The van der Waals surface area contributed by atoms with Gasteiger partial charge in [0.1, 0.15) is 0 Å². The van der Waals surface area contributed by atoms with Gasteiger partial charge >= 0.3 is 0 Å². The summed E-state index contributed by atoms with van der Waals surface area (Å²) in [5.41, 5.74) is 1.71. The minimum atomic E-state index is -0.0609. The smallest absolute Gasteiger partial charge is 0.197 e. The molecule has 0 amide bonds. The summed E-state index contributed by atoms with van der Waals surface area (Å²) in [5.74, 6) is 0. The van der Waals surface area contributed by atoms with Gasteiger partial charge in [0.15, 0.2) is 5.43 Å². The number of nitrogens with one attached hydrogen (secondary N) is 2. The fourth-order valence-electron chi connectivity index (χ4n) is 3.20. The van der Waals surface area contributed by atoms with E-state index in [-0.39, 0.29) is 12.0 Å².